The standard InChI is InChI=1S/C37H63NO12/c1-11-28-25(18-39)14-19(2)12-13-26(40)20(3)15-21(4)33(22(5)27(41)16-29(42)48-28)50-36-32(43)31(38(9)10)34(23(6)47-36)49-30-17-37(8,45)35(44)24(7)46-30/h12-14,20-25,27-28,30-36,39,41,43-45H,11,15-18H2,1-10H3/t20-,21+,22+,23-,24-,25-,27-,28-,30+,31?,32?,33+,34?,35?,36+,37?/m1/s1. The van der Waals surface area contributed by atoms with E-state index in [0.717, 1.165) is 5.57 Å². The fourth-order valence-electron chi connectivity index (χ4n) is 7.54. The van der Waals surface area contributed by atoms with Gasteiger partial charge in [0.25, 0.3) is 0 Å². The Bertz CT molecular complexity index is 1180. The lowest BCUT2D eigenvalue weighted by molar-refractivity contribution is -0.341. The molecule has 0 aromatic carbocycles. The Morgan fingerprint density at radius 3 is 2.22 bits per heavy atom. The number of rotatable bonds is 7. The smallest absolute Gasteiger partial charge is 0.308 e. The minimum absolute atomic E-state index is 0.0108. The van der Waals surface area contributed by atoms with Crippen molar-refractivity contribution in [3.05, 3.63) is 23.8 Å². The van der Waals surface area contributed by atoms with Gasteiger partial charge in [-0.2, -0.15) is 0 Å². The van der Waals surface area contributed by atoms with Crippen molar-refractivity contribution in [3.63, 3.8) is 0 Å². The van der Waals surface area contributed by atoms with Crippen LogP contribution in [0.3, 0.4) is 0 Å². The van der Waals surface area contributed by atoms with Crippen molar-refractivity contribution in [2.24, 2.45) is 23.7 Å². The highest BCUT2D eigenvalue weighted by Crippen LogP contribution is 2.36. The molecule has 50 heavy (non-hydrogen) atoms. The fraction of sp³-hybridized carbons (Fsp3) is 0.838. The number of likely N-dealkylation sites (N-methyl/N-ethyl adjacent to an activating group) is 1. The van der Waals surface area contributed by atoms with E-state index in [4.69, 9.17) is 23.7 Å². The van der Waals surface area contributed by atoms with Gasteiger partial charge >= 0.3 is 5.97 Å². The van der Waals surface area contributed by atoms with Crippen molar-refractivity contribution in [2.45, 2.75) is 154 Å². The summed E-state index contributed by atoms with van der Waals surface area (Å²) in [6.45, 7) is 13.9. The van der Waals surface area contributed by atoms with Crippen LogP contribution >= 0.6 is 0 Å². The van der Waals surface area contributed by atoms with Gasteiger partial charge in [0.1, 0.15) is 24.4 Å². The van der Waals surface area contributed by atoms with E-state index in [1.54, 1.807) is 51.9 Å². The average Bonchev–Trinajstić information content (AvgIpc) is 3.03. The molecular weight excluding hydrogens is 650 g/mol. The summed E-state index contributed by atoms with van der Waals surface area (Å²) < 4.78 is 30.8. The van der Waals surface area contributed by atoms with Gasteiger partial charge in [0, 0.05) is 24.2 Å². The van der Waals surface area contributed by atoms with E-state index in [9.17, 15) is 35.1 Å². The van der Waals surface area contributed by atoms with Crippen LogP contribution < -0.4 is 0 Å². The molecule has 0 radical (unpaired) electrons. The number of aliphatic hydroxyl groups is 5. The molecule has 0 spiro atoms. The van der Waals surface area contributed by atoms with E-state index in [1.807, 2.05) is 27.7 Å². The lowest BCUT2D eigenvalue weighted by atomic mass is 9.82. The normalized spacial score (nSPS) is 44.6. The maximum absolute atomic E-state index is 13.2. The van der Waals surface area contributed by atoms with Gasteiger partial charge in [0.05, 0.1) is 49.1 Å². The van der Waals surface area contributed by atoms with Crippen LogP contribution in [0.2, 0.25) is 0 Å². The van der Waals surface area contributed by atoms with Crippen LogP contribution in [0.1, 0.15) is 81.1 Å². The summed E-state index contributed by atoms with van der Waals surface area (Å²) in [5.41, 5.74) is -0.693. The van der Waals surface area contributed by atoms with Crippen LogP contribution in [0.4, 0.5) is 0 Å². The lowest BCUT2D eigenvalue weighted by Gasteiger charge is -2.50. The van der Waals surface area contributed by atoms with Crippen molar-refractivity contribution in [3.8, 4) is 0 Å². The second-order valence-electron chi connectivity index (χ2n) is 15.3. The second-order valence-corrected chi connectivity index (χ2v) is 15.3. The summed E-state index contributed by atoms with van der Waals surface area (Å²) >= 11 is 0. The number of esters is 1. The van der Waals surface area contributed by atoms with Crippen molar-refractivity contribution in [1.29, 1.82) is 0 Å². The molecule has 13 heteroatoms. The summed E-state index contributed by atoms with van der Waals surface area (Å²) in [6.07, 6.45) is -3.47. The van der Waals surface area contributed by atoms with Crippen molar-refractivity contribution in [1.82, 2.24) is 4.90 Å². The van der Waals surface area contributed by atoms with Crippen LogP contribution in [0.5, 0.6) is 0 Å². The van der Waals surface area contributed by atoms with Gasteiger partial charge < -0.3 is 54.1 Å². The van der Waals surface area contributed by atoms with Gasteiger partial charge in [-0.15, -0.1) is 0 Å². The topological polar surface area (TPSA) is 185 Å². The number of ether oxygens (including phenoxy) is 5. The van der Waals surface area contributed by atoms with Crippen LogP contribution in [-0.2, 0) is 33.3 Å². The van der Waals surface area contributed by atoms with Gasteiger partial charge in [0.2, 0.25) is 0 Å². The zero-order valence-corrected chi connectivity index (χ0v) is 31.5. The first-order valence-electron chi connectivity index (χ1n) is 18.1. The van der Waals surface area contributed by atoms with E-state index in [1.165, 1.54) is 13.0 Å². The average molecular weight is 714 g/mol. The first-order chi connectivity index (χ1) is 23.3. The molecule has 5 N–H and O–H groups in total. The van der Waals surface area contributed by atoms with Gasteiger partial charge in [-0.05, 0) is 66.6 Å². The first-order valence-corrected chi connectivity index (χ1v) is 18.1. The summed E-state index contributed by atoms with van der Waals surface area (Å²) in [5.74, 6) is -2.57. The molecule has 2 saturated heterocycles. The van der Waals surface area contributed by atoms with Crippen molar-refractivity contribution in [2.75, 3.05) is 20.7 Å². The van der Waals surface area contributed by atoms with Gasteiger partial charge in [0.15, 0.2) is 18.4 Å². The van der Waals surface area contributed by atoms with E-state index in [2.05, 4.69) is 0 Å². The van der Waals surface area contributed by atoms with Crippen LogP contribution in [-0.4, -0.2) is 136 Å². The largest absolute Gasteiger partial charge is 0.462 e. The molecule has 13 nitrogen and oxygen atoms in total. The minimum Gasteiger partial charge on any atom is -0.462 e. The molecule has 288 valence electrons. The lowest BCUT2D eigenvalue weighted by Crippen LogP contribution is -2.65. The van der Waals surface area contributed by atoms with Gasteiger partial charge in [-0.25, -0.2) is 0 Å². The maximum Gasteiger partial charge on any atom is 0.308 e. The molecule has 0 saturated carbocycles. The van der Waals surface area contributed by atoms with Crippen LogP contribution in [0, 0.1) is 23.7 Å². The molecule has 3 heterocycles. The maximum atomic E-state index is 13.2. The van der Waals surface area contributed by atoms with Crippen molar-refractivity contribution < 1.29 is 58.8 Å². The number of aliphatic hydroxyl groups excluding tert-OH is 4. The highest BCUT2D eigenvalue weighted by molar-refractivity contribution is 5.91. The molecule has 2 fully saturated rings. The predicted octanol–water partition coefficient (Wildman–Crippen LogP) is 2.10. The Morgan fingerprint density at radius 2 is 1.64 bits per heavy atom. The first kappa shape index (κ1) is 42.6. The molecule has 3 aliphatic rings. The molecule has 3 rings (SSSR count). The Kier molecular flexibility index (Phi) is 15.6. The molecule has 0 aromatic heterocycles. The summed E-state index contributed by atoms with van der Waals surface area (Å²) in [6, 6.07) is -0.649. The number of cyclic esters (lactones) is 1. The molecule has 0 aliphatic carbocycles. The van der Waals surface area contributed by atoms with E-state index >= 15 is 0 Å². The fourth-order valence-corrected chi connectivity index (χ4v) is 7.54. The molecule has 3 aliphatic heterocycles. The minimum atomic E-state index is -1.44. The summed E-state index contributed by atoms with van der Waals surface area (Å²) in [7, 11) is 3.58. The van der Waals surface area contributed by atoms with Crippen LogP contribution in [0.15, 0.2) is 23.8 Å². The monoisotopic (exact) mass is 713 g/mol. The zero-order chi connectivity index (χ0) is 37.7. The number of carbonyl (C=O) groups is 2. The second kappa shape index (κ2) is 18.3. The Hall–Kier alpha value is -1.78. The third-order valence-electron chi connectivity index (χ3n) is 10.6. The zero-order valence-electron chi connectivity index (χ0n) is 31.5. The third-order valence-corrected chi connectivity index (χ3v) is 10.6. The number of hydrogen-bond donors (Lipinski definition) is 5. The number of carbonyl (C=O) groups excluding carboxylic acids is 2. The Balaban J connectivity index is 1.89. The number of allylic oxidation sites excluding steroid dienone is 3. The van der Waals surface area contributed by atoms with Gasteiger partial charge in [-0.3, -0.25) is 9.59 Å². The number of hydrogen-bond acceptors (Lipinski definition) is 13. The van der Waals surface area contributed by atoms with E-state index in [0.29, 0.717) is 12.8 Å². The number of nitrogens with zero attached hydrogens (tertiary/aromatic N) is 1. The quantitative estimate of drug-likeness (QED) is 0.242. The third kappa shape index (κ3) is 10.6. The number of ketones is 1. The highest BCUT2D eigenvalue weighted by atomic mass is 16.7. The molecule has 0 amide bonds. The molecule has 0 aromatic rings. The predicted molar refractivity (Wildman–Crippen MR) is 185 cm³/mol. The SMILES string of the molecule is CC[C@H]1OC(=O)C[C@@H](O)[C@H](C)[C@@H](O[C@@H]2O[C@H](C)C(O[C@H]3CC(C)(O)C(O)[C@@H](C)O3)C(N(C)C)C2O)[C@@H](C)C[C@@H](C)C(=O)C=CC(C)=C[C@@H]1CO. The summed E-state index contributed by atoms with van der Waals surface area (Å²) in [4.78, 5) is 28.1. The Morgan fingerprint density at radius 1 is 0.980 bits per heavy atom. The molecular formula is C37H63NO12. The van der Waals surface area contributed by atoms with Gasteiger partial charge in [-0.1, -0.05) is 45.4 Å². The Labute approximate surface area is 297 Å². The van der Waals surface area contributed by atoms with E-state index in [-0.39, 0.29) is 31.1 Å². The molecule has 5 unspecified atom stereocenters. The van der Waals surface area contributed by atoms with Crippen molar-refractivity contribution >= 4 is 11.8 Å². The summed E-state index contributed by atoms with van der Waals surface area (Å²) in [5, 5.41) is 54.3. The molecule has 0 bridgehead atoms. The molecule has 16 atom stereocenters. The highest BCUT2D eigenvalue weighted by Gasteiger charge is 2.51. The van der Waals surface area contributed by atoms with Crippen LogP contribution in [0.25, 0.3) is 0 Å². The van der Waals surface area contributed by atoms with E-state index < -0.39 is 96.8 Å².